The molecule has 260 valence electrons. The molecule has 0 unspecified atom stereocenters. The number of ether oxygens (including phenoxy) is 5. The van der Waals surface area contributed by atoms with Crippen molar-refractivity contribution in [3.05, 3.63) is 83.9 Å². The molecular formula is C38H50N2O8. The zero-order chi connectivity index (χ0) is 35.0. The largest absolute Gasteiger partial charge is 0.484 e. The Hall–Kier alpha value is -4.41. The van der Waals surface area contributed by atoms with Crippen molar-refractivity contribution in [2.75, 3.05) is 39.5 Å². The lowest BCUT2D eigenvalue weighted by Crippen LogP contribution is -2.35. The molecule has 3 rings (SSSR count). The Labute approximate surface area is 284 Å². The first-order valence-electron chi connectivity index (χ1n) is 16.4. The van der Waals surface area contributed by atoms with E-state index in [1.54, 1.807) is 30.3 Å². The van der Waals surface area contributed by atoms with Crippen molar-refractivity contribution in [2.24, 2.45) is 0 Å². The van der Waals surface area contributed by atoms with Crippen LogP contribution < -0.4 is 20.1 Å². The summed E-state index contributed by atoms with van der Waals surface area (Å²) in [5, 5.41) is 5.71. The molecule has 0 aliphatic carbocycles. The molecule has 0 aliphatic rings. The number of carbonyl (C=O) groups is 3. The summed E-state index contributed by atoms with van der Waals surface area (Å²) >= 11 is 0. The minimum atomic E-state index is -0.524. The van der Waals surface area contributed by atoms with Gasteiger partial charge in [0.05, 0.1) is 16.8 Å². The molecule has 10 heteroatoms. The predicted molar refractivity (Wildman–Crippen MR) is 185 cm³/mol. The normalized spacial score (nSPS) is 11.5. The van der Waals surface area contributed by atoms with Gasteiger partial charge in [0, 0.05) is 26.3 Å². The second-order valence-electron chi connectivity index (χ2n) is 12.5. The number of nitrogens with one attached hydrogen (secondary N) is 2. The third-order valence-electron chi connectivity index (χ3n) is 7.45. The Morgan fingerprint density at radius 1 is 0.646 bits per heavy atom. The van der Waals surface area contributed by atoms with Gasteiger partial charge in [-0.25, -0.2) is 4.79 Å². The number of hydrogen-bond acceptors (Lipinski definition) is 8. The first kappa shape index (κ1) is 38.0. The number of amides is 2. The predicted octanol–water partition coefficient (Wildman–Crippen LogP) is 6.11. The van der Waals surface area contributed by atoms with Gasteiger partial charge in [-0.05, 0) is 101 Å². The van der Waals surface area contributed by atoms with Crippen LogP contribution in [0, 0.1) is 0 Å². The summed E-state index contributed by atoms with van der Waals surface area (Å²) in [6.45, 7) is 13.7. The van der Waals surface area contributed by atoms with Crippen molar-refractivity contribution >= 4 is 17.8 Å². The van der Waals surface area contributed by atoms with Crippen molar-refractivity contribution < 1.29 is 38.1 Å². The van der Waals surface area contributed by atoms with Crippen molar-refractivity contribution in [3.63, 3.8) is 0 Å². The summed E-state index contributed by atoms with van der Waals surface area (Å²) in [6, 6.07) is 21.6. The van der Waals surface area contributed by atoms with Crippen molar-refractivity contribution in [2.45, 2.75) is 72.2 Å². The van der Waals surface area contributed by atoms with Crippen molar-refractivity contribution in [1.29, 1.82) is 0 Å². The lowest BCUT2D eigenvalue weighted by atomic mass is 10.0. The third kappa shape index (κ3) is 13.8. The molecule has 0 fully saturated rings. The lowest BCUT2D eigenvalue weighted by molar-refractivity contribution is -0.124. The highest BCUT2D eigenvalue weighted by atomic mass is 16.5. The third-order valence-corrected chi connectivity index (χ3v) is 7.45. The molecule has 0 heterocycles. The molecule has 3 aromatic carbocycles. The van der Waals surface area contributed by atoms with Crippen LogP contribution >= 0.6 is 0 Å². The highest BCUT2D eigenvalue weighted by Gasteiger charge is 2.19. The zero-order valence-electron chi connectivity index (χ0n) is 29.1. The van der Waals surface area contributed by atoms with Crippen LogP contribution in [-0.4, -0.2) is 68.5 Å². The van der Waals surface area contributed by atoms with Gasteiger partial charge >= 0.3 is 5.97 Å². The smallest absolute Gasteiger partial charge is 0.338 e. The van der Waals surface area contributed by atoms with Gasteiger partial charge in [-0.15, -0.1) is 0 Å². The van der Waals surface area contributed by atoms with E-state index >= 15 is 0 Å². The van der Waals surface area contributed by atoms with E-state index in [1.165, 1.54) is 0 Å². The van der Waals surface area contributed by atoms with E-state index in [0.717, 1.165) is 11.1 Å². The molecule has 2 N–H and O–H groups in total. The maximum Gasteiger partial charge on any atom is 0.338 e. The molecule has 0 radical (unpaired) electrons. The Morgan fingerprint density at radius 2 is 1.19 bits per heavy atom. The van der Waals surface area contributed by atoms with Gasteiger partial charge in [0.15, 0.2) is 13.2 Å². The minimum Gasteiger partial charge on any atom is -0.484 e. The summed E-state index contributed by atoms with van der Waals surface area (Å²) < 4.78 is 28.4. The van der Waals surface area contributed by atoms with Crippen LogP contribution in [0.5, 0.6) is 11.5 Å². The number of hydrogen-bond donors (Lipinski definition) is 2. The van der Waals surface area contributed by atoms with E-state index in [1.807, 2.05) is 84.0 Å². The molecule has 2 amide bonds. The fourth-order valence-corrected chi connectivity index (χ4v) is 4.85. The Bertz CT molecular complexity index is 1460. The Balaban J connectivity index is 1.66. The molecule has 0 saturated heterocycles. The number of esters is 1. The van der Waals surface area contributed by atoms with Crippen LogP contribution in [-0.2, 0) is 30.4 Å². The van der Waals surface area contributed by atoms with Gasteiger partial charge in [0.25, 0.3) is 11.8 Å². The molecule has 0 atom stereocenters. The summed E-state index contributed by atoms with van der Waals surface area (Å²) in [4.78, 5) is 38.0. The van der Waals surface area contributed by atoms with Crippen LogP contribution in [0.15, 0.2) is 72.8 Å². The van der Waals surface area contributed by atoms with E-state index in [0.29, 0.717) is 56.2 Å². The van der Waals surface area contributed by atoms with Gasteiger partial charge < -0.3 is 34.3 Å². The second-order valence-corrected chi connectivity index (χ2v) is 12.5. The number of benzene rings is 3. The zero-order valence-corrected chi connectivity index (χ0v) is 29.1. The van der Waals surface area contributed by atoms with Gasteiger partial charge in [0.2, 0.25) is 0 Å². The summed E-state index contributed by atoms with van der Waals surface area (Å²) in [7, 11) is 0. The topological polar surface area (TPSA) is 121 Å². The standard InChI is InChI=1S/C38H50N2O8/c1-7-47-37(3,4)18-20-39-34(41)26-44-32-16-14-29(15-17-32)30-22-31(36(43)46-25-28-12-10-9-11-13-28)24-33(23-30)45-27-35(42)40-21-19-38(5,6)48-8-2/h9-17,22-24H,7-8,18-21,25-27H2,1-6H3,(H,39,41)(H,40,42). The molecule has 10 nitrogen and oxygen atoms in total. The van der Waals surface area contributed by atoms with Gasteiger partial charge in [-0.3, -0.25) is 9.59 Å². The van der Waals surface area contributed by atoms with Crippen LogP contribution in [0.25, 0.3) is 11.1 Å². The minimum absolute atomic E-state index is 0.116. The van der Waals surface area contributed by atoms with Gasteiger partial charge in [-0.1, -0.05) is 42.5 Å². The molecule has 0 aliphatic heterocycles. The summed E-state index contributed by atoms with van der Waals surface area (Å²) in [5.41, 5.74) is 1.94. The maximum absolute atomic E-state index is 13.1. The Kier molecular flexibility index (Phi) is 14.9. The molecule has 0 spiro atoms. The van der Waals surface area contributed by atoms with E-state index in [2.05, 4.69) is 10.6 Å². The molecular weight excluding hydrogens is 612 g/mol. The van der Waals surface area contributed by atoms with Crippen molar-refractivity contribution in [1.82, 2.24) is 10.6 Å². The van der Waals surface area contributed by atoms with Crippen LogP contribution in [0.4, 0.5) is 0 Å². The van der Waals surface area contributed by atoms with E-state index in [-0.39, 0.29) is 48.4 Å². The average molecular weight is 663 g/mol. The second kappa shape index (κ2) is 18.8. The molecule has 0 aromatic heterocycles. The highest BCUT2D eigenvalue weighted by molar-refractivity contribution is 5.92. The van der Waals surface area contributed by atoms with Crippen LogP contribution in [0.3, 0.4) is 0 Å². The molecule has 0 bridgehead atoms. The van der Waals surface area contributed by atoms with Gasteiger partial charge in [-0.2, -0.15) is 0 Å². The SMILES string of the molecule is CCOC(C)(C)CCNC(=O)COc1ccc(-c2cc(OCC(=O)NCCC(C)(C)OCC)cc(C(=O)OCc3ccccc3)c2)cc1. The fraction of sp³-hybridized carbons (Fsp3) is 0.447. The van der Waals surface area contributed by atoms with E-state index in [4.69, 9.17) is 23.7 Å². The molecule has 0 saturated carbocycles. The number of rotatable bonds is 20. The number of carbonyl (C=O) groups excluding carboxylic acids is 3. The van der Waals surface area contributed by atoms with Gasteiger partial charge in [0.1, 0.15) is 18.1 Å². The molecule has 48 heavy (non-hydrogen) atoms. The summed E-state index contributed by atoms with van der Waals surface area (Å²) in [6.07, 6.45) is 1.33. The first-order chi connectivity index (χ1) is 22.9. The first-order valence-corrected chi connectivity index (χ1v) is 16.4. The molecule has 3 aromatic rings. The lowest BCUT2D eigenvalue weighted by Gasteiger charge is -2.24. The monoisotopic (exact) mass is 662 g/mol. The van der Waals surface area contributed by atoms with Crippen LogP contribution in [0.1, 0.15) is 70.3 Å². The van der Waals surface area contributed by atoms with E-state index in [9.17, 15) is 14.4 Å². The van der Waals surface area contributed by atoms with Crippen LogP contribution in [0.2, 0.25) is 0 Å². The van der Waals surface area contributed by atoms with E-state index < -0.39 is 5.97 Å². The van der Waals surface area contributed by atoms with Crippen molar-refractivity contribution in [3.8, 4) is 22.6 Å². The average Bonchev–Trinajstić information content (AvgIpc) is 3.05. The fourth-order valence-electron chi connectivity index (χ4n) is 4.85. The maximum atomic E-state index is 13.1. The highest BCUT2D eigenvalue weighted by Crippen LogP contribution is 2.28. The quantitative estimate of drug-likeness (QED) is 0.139. The summed E-state index contributed by atoms with van der Waals surface area (Å²) in [5.74, 6) is -0.179. The Morgan fingerprint density at radius 3 is 1.73 bits per heavy atom.